The van der Waals surface area contributed by atoms with Gasteiger partial charge in [0.25, 0.3) is 10.0 Å². The summed E-state index contributed by atoms with van der Waals surface area (Å²) in [6.07, 6.45) is 0. The van der Waals surface area contributed by atoms with E-state index in [9.17, 15) is 22.0 Å². The van der Waals surface area contributed by atoms with Crippen molar-refractivity contribution in [3.8, 4) is 17.1 Å². The van der Waals surface area contributed by atoms with Gasteiger partial charge in [0.05, 0.1) is 19.4 Å². The van der Waals surface area contributed by atoms with E-state index in [1.54, 1.807) is 6.92 Å². The van der Waals surface area contributed by atoms with Crippen LogP contribution in [0.25, 0.3) is 11.3 Å². The molecule has 0 spiro atoms. The van der Waals surface area contributed by atoms with Crippen molar-refractivity contribution in [3.05, 3.63) is 59.8 Å². The maximum Gasteiger partial charge on any atom is 0.360 e. The normalized spacial score (nSPS) is 11.2. The van der Waals surface area contributed by atoms with Crippen LogP contribution in [0.3, 0.4) is 0 Å². The third-order valence-corrected chi connectivity index (χ3v) is 5.29. The quantitative estimate of drug-likeness (QED) is 0.562. The molecule has 1 heterocycles. The molecule has 3 rings (SSSR count). The van der Waals surface area contributed by atoms with E-state index in [0.717, 1.165) is 12.1 Å². The topological polar surface area (TPSA) is 108 Å². The lowest BCUT2D eigenvalue weighted by atomic mass is 10.1. The highest BCUT2D eigenvalue weighted by molar-refractivity contribution is 7.92. The number of esters is 1. The first-order valence-corrected chi connectivity index (χ1v) is 10.0. The lowest BCUT2D eigenvalue weighted by Gasteiger charge is -2.13. The summed E-state index contributed by atoms with van der Waals surface area (Å²) in [4.78, 5) is 11.4. The number of rotatable bonds is 7. The third-order valence-electron chi connectivity index (χ3n) is 3.91. The molecule has 8 nitrogen and oxygen atoms in total. The second-order valence-electron chi connectivity index (χ2n) is 5.89. The predicted octanol–water partition coefficient (Wildman–Crippen LogP) is 3.61. The van der Waals surface area contributed by atoms with Crippen molar-refractivity contribution in [2.24, 2.45) is 0 Å². The fraction of sp³-hybridized carbons (Fsp3) is 0.158. The number of hydrogen-bond acceptors (Lipinski definition) is 7. The van der Waals surface area contributed by atoms with E-state index < -0.39 is 33.3 Å². The van der Waals surface area contributed by atoms with Crippen molar-refractivity contribution in [3.63, 3.8) is 0 Å². The van der Waals surface area contributed by atoms with Crippen LogP contribution in [0.15, 0.2) is 51.9 Å². The number of nitrogens with one attached hydrogen (secondary N) is 1. The number of methoxy groups -OCH3 is 1. The summed E-state index contributed by atoms with van der Waals surface area (Å²) < 4.78 is 69.7. The van der Waals surface area contributed by atoms with Crippen LogP contribution < -0.4 is 9.46 Å². The van der Waals surface area contributed by atoms with Crippen LogP contribution in [0.1, 0.15) is 17.4 Å². The Bertz CT molecular complexity index is 1190. The summed E-state index contributed by atoms with van der Waals surface area (Å²) in [5, 5.41) is 3.60. The number of sulfonamides is 1. The Morgan fingerprint density at radius 1 is 1.17 bits per heavy atom. The van der Waals surface area contributed by atoms with E-state index in [-0.39, 0.29) is 34.3 Å². The Kier molecular flexibility index (Phi) is 6.01. The Morgan fingerprint density at radius 2 is 1.93 bits per heavy atom. The molecule has 0 amide bonds. The van der Waals surface area contributed by atoms with Gasteiger partial charge in [-0.3, -0.25) is 4.72 Å². The number of ether oxygens (including phenoxy) is 2. The van der Waals surface area contributed by atoms with Crippen LogP contribution in [-0.2, 0) is 14.8 Å². The molecular weight excluding hydrogens is 422 g/mol. The molecule has 11 heteroatoms. The van der Waals surface area contributed by atoms with Crippen LogP contribution >= 0.6 is 0 Å². The summed E-state index contributed by atoms with van der Waals surface area (Å²) in [7, 11) is -3.07. The molecule has 0 saturated heterocycles. The van der Waals surface area contributed by atoms with Gasteiger partial charge in [0.2, 0.25) is 0 Å². The summed E-state index contributed by atoms with van der Waals surface area (Å²) in [6, 6.07) is 7.78. The Hall–Kier alpha value is -3.47. The van der Waals surface area contributed by atoms with E-state index in [4.69, 9.17) is 14.0 Å². The maximum absolute atomic E-state index is 13.9. The largest absolute Gasteiger partial charge is 0.495 e. The van der Waals surface area contributed by atoms with Crippen molar-refractivity contribution in [2.45, 2.75) is 11.8 Å². The smallest absolute Gasteiger partial charge is 0.360 e. The molecule has 158 valence electrons. The van der Waals surface area contributed by atoms with Gasteiger partial charge in [-0.15, -0.1) is 0 Å². The van der Waals surface area contributed by atoms with Crippen LogP contribution in [0.4, 0.5) is 14.5 Å². The highest BCUT2D eigenvalue weighted by atomic mass is 32.2. The molecule has 0 fully saturated rings. The zero-order valence-electron chi connectivity index (χ0n) is 15.8. The first kappa shape index (κ1) is 21.2. The maximum atomic E-state index is 13.9. The number of nitrogens with zero attached hydrogens (tertiary/aromatic N) is 1. The average Bonchev–Trinajstić information content (AvgIpc) is 3.20. The van der Waals surface area contributed by atoms with Crippen molar-refractivity contribution < 1.29 is 36.0 Å². The number of anilines is 1. The SMILES string of the molecule is CCOC(=O)c1cc(-c2ccc(OC)c(S(=O)(=O)Nc3ccc(F)cc3F)c2)on1. The Labute approximate surface area is 170 Å². The van der Waals surface area contributed by atoms with E-state index in [0.29, 0.717) is 6.07 Å². The minimum absolute atomic E-state index is 0.0288. The molecule has 1 aromatic heterocycles. The number of benzene rings is 2. The van der Waals surface area contributed by atoms with Crippen molar-refractivity contribution in [1.82, 2.24) is 5.16 Å². The van der Waals surface area contributed by atoms with Gasteiger partial charge >= 0.3 is 5.97 Å². The van der Waals surface area contributed by atoms with Gasteiger partial charge in [-0.1, -0.05) is 5.16 Å². The van der Waals surface area contributed by atoms with E-state index in [2.05, 4.69) is 9.88 Å². The molecule has 30 heavy (non-hydrogen) atoms. The molecule has 0 aliphatic heterocycles. The number of halogens is 2. The van der Waals surface area contributed by atoms with Gasteiger partial charge in [0, 0.05) is 17.7 Å². The fourth-order valence-corrected chi connectivity index (χ4v) is 3.79. The highest BCUT2D eigenvalue weighted by Crippen LogP contribution is 2.32. The minimum Gasteiger partial charge on any atom is -0.495 e. The first-order chi connectivity index (χ1) is 14.2. The lowest BCUT2D eigenvalue weighted by molar-refractivity contribution is 0.0514. The Morgan fingerprint density at radius 3 is 2.60 bits per heavy atom. The molecule has 1 N–H and O–H groups in total. The highest BCUT2D eigenvalue weighted by Gasteiger charge is 2.23. The van der Waals surface area contributed by atoms with Gasteiger partial charge < -0.3 is 14.0 Å². The van der Waals surface area contributed by atoms with Crippen molar-refractivity contribution in [1.29, 1.82) is 0 Å². The van der Waals surface area contributed by atoms with E-state index in [1.807, 2.05) is 0 Å². The number of hydrogen-bond donors (Lipinski definition) is 1. The molecule has 0 aliphatic rings. The predicted molar refractivity (Wildman–Crippen MR) is 102 cm³/mol. The third kappa shape index (κ3) is 4.40. The number of carbonyl (C=O) groups is 1. The molecule has 2 aromatic carbocycles. The van der Waals surface area contributed by atoms with Crippen LogP contribution in [0, 0.1) is 11.6 Å². The zero-order chi connectivity index (χ0) is 21.9. The van der Waals surface area contributed by atoms with Gasteiger partial charge in [0.1, 0.15) is 22.3 Å². The molecular formula is C19H16F2N2O6S. The standard InChI is InChI=1S/C19H16F2N2O6S/c1-3-28-19(24)15-10-17(29-22-15)11-4-7-16(27-2)18(8-11)30(25,26)23-14-6-5-12(20)9-13(14)21/h4-10,23H,3H2,1-2H3. The second-order valence-corrected chi connectivity index (χ2v) is 7.54. The summed E-state index contributed by atoms with van der Waals surface area (Å²) in [6.45, 7) is 1.79. The van der Waals surface area contributed by atoms with Gasteiger partial charge in [0.15, 0.2) is 11.5 Å². The van der Waals surface area contributed by atoms with Gasteiger partial charge in [-0.2, -0.15) is 0 Å². The van der Waals surface area contributed by atoms with Crippen molar-refractivity contribution >= 4 is 21.7 Å². The molecule has 0 saturated carbocycles. The molecule has 0 unspecified atom stereocenters. The second kappa shape index (κ2) is 8.49. The van der Waals surface area contributed by atoms with E-state index in [1.165, 1.54) is 31.4 Å². The van der Waals surface area contributed by atoms with Crippen LogP contribution in [0.5, 0.6) is 5.75 Å². The molecule has 0 radical (unpaired) electrons. The number of carbonyl (C=O) groups excluding carboxylic acids is 1. The fourth-order valence-electron chi connectivity index (χ4n) is 2.52. The molecule has 0 bridgehead atoms. The van der Waals surface area contributed by atoms with Gasteiger partial charge in [-0.25, -0.2) is 22.0 Å². The molecule has 0 aliphatic carbocycles. The first-order valence-electron chi connectivity index (χ1n) is 8.55. The molecule has 0 atom stereocenters. The summed E-state index contributed by atoms with van der Waals surface area (Å²) in [5.41, 5.74) is -0.259. The van der Waals surface area contributed by atoms with Crippen LogP contribution in [0.2, 0.25) is 0 Å². The zero-order valence-corrected chi connectivity index (χ0v) is 16.6. The monoisotopic (exact) mass is 438 g/mol. The molecule has 3 aromatic rings. The minimum atomic E-state index is -4.33. The number of aromatic nitrogens is 1. The lowest BCUT2D eigenvalue weighted by Crippen LogP contribution is -2.15. The summed E-state index contributed by atoms with van der Waals surface area (Å²) in [5.74, 6) is -2.55. The van der Waals surface area contributed by atoms with Crippen LogP contribution in [-0.4, -0.2) is 33.3 Å². The van der Waals surface area contributed by atoms with Gasteiger partial charge in [-0.05, 0) is 37.3 Å². The van der Waals surface area contributed by atoms with E-state index >= 15 is 0 Å². The summed E-state index contributed by atoms with van der Waals surface area (Å²) >= 11 is 0. The Balaban J connectivity index is 1.99. The average molecular weight is 438 g/mol. The van der Waals surface area contributed by atoms with Crippen molar-refractivity contribution in [2.75, 3.05) is 18.4 Å².